The summed E-state index contributed by atoms with van der Waals surface area (Å²) in [4.78, 5) is 18.2. The number of pyridine rings is 1. The van der Waals surface area contributed by atoms with Gasteiger partial charge in [0.05, 0.1) is 5.60 Å². The number of hydrogen-bond donors (Lipinski definition) is 0. The van der Waals surface area contributed by atoms with E-state index in [9.17, 15) is 4.79 Å². The van der Waals surface area contributed by atoms with E-state index in [2.05, 4.69) is 36.7 Å². The van der Waals surface area contributed by atoms with Gasteiger partial charge in [0.2, 0.25) is 0 Å². The topological polar surface area (TPSA) is 63.5 Å². The molecule has 4 aliphatic rings. The molecule has 0 aromatic carbocycles. The van der Waals surface area contributed by atoms with Gasteiger partial charge in [-0.15, -0.1) is 5.10 Å². The largest absolute Gasteiger partial charge is 0.375 e. The van der Waals surface area contributed by atoms with Gasteiger partial charge < -0.3 is 14.2 Å². The molecule has 1 spiro atoms. The molecule has 7 nitrogen and oxygen atoms in total. The normalized spacial score (nSPS) is 27.4. The van der Waals surface area contributed by atoms with Gasteiger partial charge in [-0.3, -0.25) is 9.69 Å². The molecule has 0 unspecified atom stereocenters. The summed E-state index contributed by atoms with van der Waals surface area (Å²) in [6.07, 6.45) is 7.47. The van der Waals surface area contributed by atoms with Crippen LogP contribution in [-0.2, 0) is 17.8 Å². The number of likely N-dealkylation sites (tertiary alicyclic amines) is 1. The number of fused-ring (bicyclic) bond motifs is 4. The standard InChI is InChI=1S/C24H31N5O2/c30-23-19(16-27-10-7-24(8-11-27)6-2-12-31-24)4-5-21-20-13-18(15-29(21)23)14-28(17-20)22-3-1-9-25-26-22/h1,3-5,9,18,20H,2,6-8,10-17H2/t18-,20+/m0/s1. The highest BCUT2D eigenvalue weighted by atomic mass is 16.5. The Morgan fingerprint density at radius 1 is 1.10 bits per heavy atom. The number of hydrogen-bond acceptors (Lipinski definition) is 6. The van der Waals surface area contributed by atoms with Crippen LogP contribution < -0.4 is 10.5 Å². The Kier molecular flexibility index (Phi) is 4.83. The molecule has 164 valence electrons. The second-order valence-electron chi connectivity index (χ2n) is 9.90. The summed E-state index contributed by atoms with van der Waals surface area (Å²) in [5, 5.41) is 8.34. The van der Waals surface area contributed by atoms with Crippen LogP contribution in [0.5, 0.6) is 0 Å². The predicted octanol–water partition coefficient (Wildman–Crippen LogP) is 2.41. The van der Waals surface area contributed by atoms with Crippen LogP contribution in [0.4, 0.5) is 5.82 Å². The summed E-state index contributed by atoms with van der Waals surface area (Å²) in [5.74, 6) is 1.81. The van der Waals surface area contributed by atoms with Gasteiger partial charge in [0.15, 0.2) is 5.82 Å². The van der Waals surface area contributed by atoms with E-state index in [4.69, 9.17) is 4.74 Å². The molecule has 0 radical (unpaired) electrons. The van der Waals surface area contributed by atoms with Crippen LogP contribution in [0.15, 0.2) is 35.3 Å². The van der Waals surface area contributed by atoms with Crippen LogP contribution in [0.3, 0.4) is 0 Å². The zero-order valence-corrected chi connectivity index (χ0v) is 18.1. The fourth-order valence-corrected chi connectivity index (χ4v) is 6.27. The van der Waals surface area contributed by atoms with Gasteiger partial charge in [-0.05, 0) is 56.2 Å². The lowest BCUT2D eigenvalue weighted by Gasteiger charge is -2.43. The molecule has 2 aromatic heterocycles. The van der Waals surface area contributed by atoms with E-state index < -0.39 is 0 Å². The third-order valence-corrected chi connectivity index (χ3v) is 7.91. The number of ether oxygens (including phenoxy) is 1. The predicted molar refractivity (Wildman–Crippen MR) is 118 cm³/mol. The second kappa shape index (κ2) is 7.71. The maximum atomic E-state index is 13.4. The average molecular weight is 422 g/mol. The molecule has 2 aromatic rings. The summed E-state index contributed by atoms with van der Waals surface area (Å²) in [5.41, 5.74) is 2.49. The third kappa shape index (κ3) is 3.57. The summed E-state index contributed by atoms with van der Waals surface area (Å²) in [7, 11) is 0. The molecule has 0 N–H and O–H groups in total. The third-order valence-electron chi connectivity index (χ3n) is 7.91. The Hall–Kier alpha value is -2.25. The van der Waals surface area contributed by atoms with Crippen LogP contribution in [0, 0.1) is 5.92 Å². The monoisotopic (exact) mass is 421 g/mol. The summed E-state index contributed by atoms with van der Waals surface area (Å²) >= 11 is 0. The smallest absolute Gasteiger partial charge is 0.255 e. The fraction of sp³-hybridized carbons (Fsp3) is 0.625. The summed E-state index contributed by atoms with van der Waals surface area (Å²) in [6, 6.07) is 8.28. The van der Waals surface area contributed by atoms with Crippen molar-refractivity contribution in [2.24, 2.45) is 5.92 Å². The van der Waals surface area contributed by atoms with Crippen molar-refractivity contribution in [2.45, 2.75) is 56.7 Å². The van der Waals surface area contributed by atoms with Crippen molar-refractivity contribution in [3.05, 3.63) is 52.1 Å². The van der Waals surface area contributed by atoms with E-state index in [0.29, 0.717) is 11.8 Å². The van der Waals surface area contributed by atoms with E-state index in [1.807, 2.05) is 12.1 Å². The zero-order chi connectivity index (χ0) is 20.8. The highest BCUT2D eigenvalue weighted by Gasteiger charge is 2.39. The Morgan fingerprint density at radius 2 is 2.00 bits per heavy atom. The van der Waals surface area contributed by atoms with Crippen LogP contribution in [0.1, 0.15) is 49.3 Å². The molecule has 0 aliphatic carbocycles. The van der Waals surface area contributed by atoms with Crippen molar-refractivity contribution >= 4 is 5.82 Å². The van der Waals surface area contributed by atoms with E-state index in [-0.39, 0.29) is 11.2 Å². The van der Waals surface area contributed by atoms with Gasteiger partial charge in [0.1, 0.15) is 0 Å². The molecule has 31 heavy (non-hydrogen) atoms. The van der Waals surface area contributed by atoms with Crippen LogP contribution in [0.2, 0.25) is 0 Å². The van der Waals surface area contributed by atoms with Gasteiger partial charge in [-0.1, -0.05) is 6.07 Å². The average Bonchev–Trinajstić information content (AvgIpc) is 3.26. The van der Waals surface area contributed by atoms with Crippen molar-refractivity contribution in [2.75, 3.05) is 37.7 Å². The van der Waals surface area contributed by atoms with Crippen molar-refractivity contribution in [1.82, 2.24) is 19.7 Å². The maximum absolute atomic E-state index is 13.4. The van der Waals surface area contributed by atoms with Crippen molar-refractivity contribution in [3.8, 4) is 0 Å². The molecule has 2 bridgehead atoms. The molecular weight excluding hydrogens is 390 g/mol. The van der Waals surface area contributed by atoms with Crippen LogP contribution in [0.25, 0.3) is 0 Å². The lowest BCUT2D eigenvalue weighted by atomic mass is 9.83. The first-order chi connectivity index (χ1) is 15.2. The van der Waals surface area contributed by atoms with Crippen LogP contribution in [-0.4, -0.2) is 58.1 Å². The molecule has 3 fully saturated rings. The maximum Gasteiger partial charge on any atom is 0.255 e. The van der Waals surface area contributed by atoms with Crippen molar-refractivity contribution in [1.29, 1.82) is 0 Å². The molecule has 6 heterocycles. The highest BCUT2D eigenvalue weighted by Crippen LogP contribution is 2.37. The second-order valence-corrected chi connectivity index (χ2v) is 9.90. The molecule has 0 saturated carbocycles. The minimum absolute atomic E-state index is 0.133. The van der Waals surface area contributed by atoms with Crippen molar-refractivity contribution in [3.63, 3.8) is 0 Å². The first kappa shape index (κ1) is 19.4. The quantitative estimate of drug-likeness (QED) is 0.759. The number of nitrogens with zero attached hydrogens (tertiary/aromatic N) is 5. The lowest BCUT2D eigenvalue weighted by molar-refractivity contribution is -0.0448. The highest BCUT2D eigenvalue weighted by molar-refractivity contribution is 5.39. The molecular formula is C24H31N5O2. The Balaban J connectivity index is 1.18. The van der Waals surface area contributed by atoms with Gasteiger partial charge in [0, 0.05) is 69.2 Å². The molecule has 3 saturated heterocycles. The number of anilines is 1. The van der Waals surface area contributed by atoms with Crippen molar-refractivity contribution < 1.29 is 4.74 Å². The fourth-order valence-electron chi connectivity index (χ4n) is 6.27. The summed E-state index contributed by atoms with van der Waals surface area (Å²) < 4.78 is 8.13. The van der Waals surface area contributed by atoms with Gasteiger partial charge in [-0.2, -0.15) is 5.10 Å². The minimum atomic E-state index is 0.133. The van der Waals surface area contributed by atoms with E-state index in [1.54, 1.807) is 6.20 Å². The lowest BCUT2D eigenvalue weighted by Crippen LogP contribution is -2.48. The van der Waals surface area contributed by atoms with E-state index in [0.717, 1.165) is 76.5 Å². The molecule has 6 rings (SSSR count). The van der Waals surface area contributed by atoms with Gasteiger partial charge in [-0.25, -0.2) is 0 Å². The first-order valence-corrected chi connectivity index (χ1v) is 11.8. The SMILES string of the molecule is O=c1c(CN2CCC3(CCCO3)CC2)ccc2n1C[C@H]1C[C@@H]2CN(c2cccnn2)C1. The van der Waals surface area contributed by atoms with E-state index in [1.165, 1.54) is 18.5 Å². The Bertz CT molecular complexity index is 991. The molecule has 7 heteroatoms. The van der Waals surface area contributed by atoms with Gasteiger partial charge in [0.25, 0.3) is 5.56 Å². The summed E-state index contributed by atoms with van der Waals surface area (Å²) in [6.45, 7) is 6.39. The first-order valence-electron chi connectivity index (χ1n) is 11.8. The van der Waals surface area contributed by atoms with Crippen LogP contribution >= 0.6 is 0 Å². The molecule has 2 atom stereocenters. The zero-order valence-electron chi connectivity index (χ0n) is 18.1. The van der Waals surface area contributed by atoms with E-state index >= 15 is 0 Å². The molecule has 0 amide bonds. The number of aromatic nitrogens is 3. The molecule has 4 aliphatic heterocycles. The Morgan fingerprint density at radius 3 is 2.77 bits per heavy atom. The Labute approximate surface area is 183 Å². The van der Waals surface area contributed by atoms with Gasteiger partial charge >= 0.3 is 0 Å². The minimum Gasteiger partial charge on any atom is -0.375 e. The number of rotatable bonds is 3. The number of piperidine rings is 2.